The van der Waals surface area contributed by atoms with Gasteiger partial charge in [0.05, 0.1) is 5.57 Å². The largest absolute Gasteiger partial charge is 0.294 e. The number of rotatable bonds is 9. The highest BCUT2D eigenvalue weighted by molar-refractivity contribution is 6.30. The molecule has 0 spiro atoms. The van der Waals surface area contributed by atoms with Crippen molar-refractivity contribution >= 4 is 17.3 Å². The molecule has 1 aliphatic rings. The Morgan fingerprint density at radius 3 is 2.26 bits per heavy atom. The summed E-state index contributed by atoms with van der Waals surface area (Å²) in [6.45, 7) is 2.18. The molecule has 0 aromatic heterocycles. The number of carbonyl (C=O) groups is 3. The van der Waals surface area contributed by atoms with E-state index in [9.17, 15) is 14.4 Å². The summed E-state index contributed by atoms with van der Waals surface area (Å²) >= 11 is 0. The number of carbonyl (C=O) groups excluding carboxylic acids is 3. The van der Waals surface area contributed by atoms with Crippen molar-refractivity contribution in [2.24, 2.45) is 0 Å². The van der Waals surface area contributed by atoms with Crippen molar-refractivity contribution < 1.29 is 14.4 Å². The third-order valence-electron chi connectivity index (χ3n) is 3.26. The molecule has 3 nitrogen and oxygen atoms in total. The lowest BCUT2D eigenvalue weighted by molar-refractivity contribution is -0.121. The molecule has 3 heteroatoms. The standard InChI is InChI=1S/C16H22O3/c1-2-3-4-5-6-7-8-9-15(18)14-12-13(17)10-11-16(14)19/h10-12H,2-9H2,1H3. The molecule has 0 bridgehead atoms. The van der Waals surface area contributed by atoms with Crippen LogP contribution >= 0.6 is 0 Å². The van der Waals surface area contributed by atoms with E-state index < -0.39 is 0 Å². The lowest BCUT2D eigenvalue weighted by Crippen LogP contribution is -2.15. The molecule has 0 saturated heterocycles. The van der Waals surface area contributed by atoms with Gasteiger partial charge in [0.25, 0.3) is 0 Å². The Hall–Kier alpha value is -1.51. The van der Waals surface area contributed by atoms with Gasteiger partial charge in [-0.25, -0.2) is 0 Å². The smallest absolute Gasteiger partial charge is 0.189 e. The minimum Gasteiger partial charge on any atom is -0.294 e. The van der Waals surface area contributed by atoms with Crippen LogP contribution in [0.1, 0.15) is 58.3 Å². The summed E-state index contributed by atoms with van der Waals surface area (Å²) < 4.78 is 0. The number of allylic oxidation sites excluding steroid dienone is 4. The first-order valence-electron chi connectivity index (χ1n) is 7.16. The van der Waals surface area contributed by atoms with Crippen molar-refractivity contribution in [1.82, 2.24) is 0 Å². The monoisotopic (exact) mass is 262 g/mol. The fraction of sp³-hybridized carbons (Fsp3) is 0.562. The number of unbranched alkanes of at least 4 members (excludes halogenated alkanes) is 6. The normalized spacial score (nSPS) is 14.7. The molecule has 104 valence electrons. The van der Waals surface area contributed by atoms with Crippen molar-refractivity contribution in [1.29, 1.82) is 0 Å². The highest BCUT2D eigenvalue weighted by Gasteiger charge is 2.19. The van der Waals surface area contributed by atoms with Crippen molar-refractivity contribution in [2.45, 2.75) is 58.3 Å². The summed E-state index contributed by atoms with van der Waals surface area (Å²) in [5, 5.41) is 0. The van der Waals surface area contributed by atoms with Gasteiger partial charge in [0.2, 0.25) is 0 Å². The second-order valence-corrected chi connectivity index (χ2v) is 4.95. The Kier molecular flexibility index (Phi) is 7.01. The predicted molar refractivity (Wildman–Crippen MR) is 74.9 cm³/mol. The zero-order valence-electron chi connectivity index (χ0n) is 11.6. The Morgan fingerprint density at radius 1 is 0.947 bits per heavy atom. The molecule has 0 aromatic rings. The van der Waals surface area contributed by atoms with E-state index in [4.69, 9.17) is 0 Å². The summed E-state index contributed by atoms with van der Waals surface area (Å²) in [4.78, 5) is 34.4. The molecule has 0 amide bonds. The van der Waals surface area contributed by atoms with Crippen molar-refractivity contribution in [3.63, 3.8) is 0 Å². The van der Waals surface area contributed by atoms with Gasteiger partial charge in [-0.15, -0.1) is 0 Å². The molecule has 1 aliphatic carbocycles. The average Bonchev–Trinajstić information content (AvgIpc) is 2.40. The maximum Gasteiger partial charge on any atom is 0.189 e. The van der Waals surface area contributed by atoms with Crippen LogP contribution in [0.25, 0.3) is 0 Å². The third kappa shape index (κ3) is 5.77. The van der Waals surface area contributed by atoms with Gasteiger partial charge in [-0.2, -0.15) is 0 Å². The zero-order valence-corrected chi connectivity index (χ0v) is 11.6. The summed E-state index contributed by atoms with van der Waals surface area (Å²) in [6, 6.07) is 0. The fourth-order valence-corrected chi connectivity index (χ4v) is 2.10. The van der Waals surface area contributed by atoms with E-state index in [-0.39, 0.29) is 22.9 Å². The first-order valence-corrected chi connectivity index (χ1v) is 7.16. The Morgan fingerprint density at radius 2 is 1.58 bits per heavy atom. The second kappa shape index (κ2) is 8.57. The van der Waals surface area contributed by atoms with Gasteiger partial charge in [0.1, 0.15) is 0 Å². The van der Waals surface area contributed by atoms with Crippen LogP contribution in [0.15, 0.2) is 23.8 Å². The van der Waals surface area contributed by atoms with Crippen LogP contribution in [0.2, 0.25) is 0 Å². The van der Waals surface area contributed by atoms with E-state index in [1.165, 1.54) is 37.8 Å². The topological polar surface area (TPSA) is 51.2 Å². The Bertz CT molecular complexity index is 402. The zero-order chi connectivity index (χ0) is 14.1. The van der Waals surface area contributed by atoms with Crippen molar-refractivity contribution in [3.05, 3.63) is 23.8 Å². The molecule has 0 aliphatic heterocycles. The molecule has 0 saturated carbocycles. The van der Waals surface area contributed by atoms with E-state index in [0.717, 1.165) is 25.3 Å². The molecule has 0 N–H and O–H groups in total. The minimum atomic E-state index is -0.340. The van der Waals surface area contributed by atoms with Gasteiger partial charge in [0, 0.05) is 12.5 Å². The van der Waals surface area contributed by atoms with Crippen LogP contribution in [0.4, 0.5) is 0 Å². The molecule has 0 aromatic carbocycles. The van der Waals surface area contributed by atoms with Crippen LogP contribution in [0, 0.1) is 0 Å². The fourth-order valence-electron chi connectivity index (χ4n) is 2.10. The van der Waals surface area contributed by atoms with Gasteiger partial charge in [-0.3, -0.25) is 14.4 Å². The van der Waals surface area contributed by atoms with E-state index in [2.05, 4.69) is 6.92 Å². The Labute approximate surface area is 114 Å². The average molecular weight is 262 g/mol. The molecular weight excluding hydrogens is 240 g/mol. The van der Waals surface area contributed by atoms with Gasteiger partial charge in [0.15, 0.2) is 17.3 Å². The number of hydrogen-bond acceptors (Lipinski definition) is 3. The lowest BCUT2D eigenvalue weighted by atomic mass is 9.96. The summed E-state index contributed by atoms with van der Waals surface area (Å²) in [6.07, 6.45) is 11.8. The van der Waals surface area contributed by atoms with Crippen LogP contribution < -0.4 is 0 Å². The molecular formula is C16H22O3. The summed E-state index contributed by atoms with van der Waals surface area (Å²) in [5.41, 5.74) is 0.0542. The molecule has 0 unspecified atom stereocenters. The maximum atomic E-state index is 11.8. The van der Waals surface area contributed by atoms with E-state index in [1.807, 2.05) is 0 Å². The van der Waals surface area contributed by atoms with Crippen LogP contribution in [-0.4, -0.2) is 17.3 Å². The lowest BCUT2D eigenvalue weighted by Gasteiger charge is -2.05. The van der Waals surface area contributed by atoms with Crippen molar-refractivity contribution in [3.8, 4) is 0 Å². The molecule has 0 heterocycles. The highest BCUT2D eigenvalue weighted by Crippen LogP contribution is 2.13. The highest BCUT2D eigenvalue weighted by atomic mass is 16.2. The molecule has 1 rings (SSSR count). The number of ketones is 3. The Balaban J connectivity index is 2.21. The summed E-state index contributed by atoms with van der Waals surface area (Å²) in [5.74, 6) is -0.814. The predicted octanol–water partition coefficient (Wildman–Crippen LogP) is 3.33. The maximum absolute atomic E-state index is 11.8. The van der Waals surface area contributed by atoms with Crippen LogP contribution in [0.3, 0.4) is 0 Å². The van der Waals surface area contributed by atoms with Gasteiger partial charge in [-0.1, -0.05) is 45.4 Å². The van der Waals surface area contributed by atoms with Crippen LogP contribution in [0.5, 0.6) is 0 Å². The van der Waals surface area contributed by atoms with Gasteiger partial charge in [-0.05, 0) is 18.6 Å². The van der Waals surface area contributed by atoms with Gasteiger partial charge < -0.3 is 0 Å². The van der Waals surface area contributed by atoms with Crippen LogP contribution in [-0.2, 0) is 14.4 Å². The number of hydrogen-bond donors (Lipinski definition) is 0. The van der Waals surface area contributed by atoms with E-state index in [0.29, 0.717) is 6.42 Å². The molecule has 0 atom stereocenters. The SMILES string of the molecule is CCCCCCCCCC(=O)C1=CC(=O)C=CC1=O. The first kappa shape index (κ1) is 15.5. The van der Waals surface area contributed by atoms with Crippen molar-refractivity contribution in [2.75, 3.05) is 0 Å². The first-order chi connectivity index (χ1) is 9.15. The molecule has 19 heavy (non-hydrogen) atoms. The van der Waals surface area contributed by atoms with Gasteiger partial charge >= 0.3 is 0 Å². The minimum absolute atomic E-state index is 0.0542. The quantitative estimate of drug-likeness (QED) is 0.364. The second-order valence-electron chi connectivity index (χ2n) is 4.95. The molecule has 0 radical (unpaired) electrons. The number of Topliss-reactive ketones (excluding diaryl/α,β-unsaturated/α-hetero) is 1. The van der Waals surface area contributed by atoms with E-state index >= 15 is 0 Å². The summed E-state index contributed by atoms with van der Waals surface area (Å²) in [7, 11) is 0. The molecule has 0 fully saturated rings. The third-order valence-corrected chi connectivity index (χ3v) is 3.26. The van der Waals surface area contributed by atoms with E-state index in [1.54, 1.807) is 0 Å².